The monoisotopic (exact) mass is 477 g/mol. The van der Waals surface area contributed by atoms with Gasteiger partial charge in [-0.1, -0.05) is 30.1 Å². The third-order valence-electron chi connectivity index (χ3n) is 4.42. The van der Waals surface area contributed by atoms with Crippen LogP contribution < -0.4 is 0 Å². The molecule has 0 saturated heterocycles. The predicted octanol–water partition coefficient (Wildman–Crippen LogP) is 4.83. The molecule has 1 aromatic carbocycles. The summed E-state index contributed by atoms with van der Waals surface area (Å²) in [4.78, 5) is 19.2. The van der Waals surface area contributed by atoms with Crippen LogP contribution in [0.15, 0.2) is 30.5 Å². The summed E-state index contributed by atoms with van der Waals surface area (Å²) < 4.78 is 1.82. The number of rotatable bonds is 5. The van der Waals surface area contributed by atoms with Crippen LogP contribution in [0.3, 0.4) is 0 Å². The average molecular weight is 478 g/mol. The number of carbonyl (C=O) groups excluding carboxylic acids is 1. The number of nitrogens with zero attached hydrogens (tertiary/aromatic N) is 3. The number of pyridine rings is 1. The zero-order valence-electron chi connectivity index (χ0n) is 15.6. The molecular weight excluding hydrogens is 458 g/mol. The van der Waals surface area contributed by atoms with Crippen LogP contribution in [0.4, 0.5) is 0 Å². The first kappa shape index (κ1) is 22.4. The van der Waals surface area contributed by atoms with Gasteiger partial charge in [0.25, 0.3) is 0 Å². The Morgan fingerprint density at radius 2 is 1.96 bits per heavy atom. The van der Waals surface area contributed by atoms with E-state index in [-0.39, 0.29) is 45.0 Å². The Morgan fingerprint density at radius 3 is 2.56 bits per heavy atom. The maximum Gasteiger partial charge on any atom is 0.228 e. The van der Waals surface area contributed by atoms with Crippen molar-refractivity contribution >= 4 is 34.8 Å². The van der Waals surface area contributed by atoms with E-state index in [0.717, 1.165) is 22.5 Å². The van der Waals surface area contributed by atoms with Crippen molar-refractivity contribution in [2.24, 2.45) is 0 Å². The molecule has 3 rings (SSSR count). The van der Waals surface area contributed by atoms with Crippen LogP contribution in [-0.2, 0) is 43.9 Å². The molecule has 0 bridgehead atoms. The van der Waals surface area contributed by atoms with Gasteiger partial charge < -0.3 is 9.30 Å². The van der Waals surface area contributed by atoms with E-state index >= 15 is 0 Å². The van der Waals surface area contributed by atoms with Crippen molar-refractivity contribution in [3.05, 3.63) is 57.8 Å². The molecule has 0 aliphatic carbocycles. The van der Waals surface area contributed by atoms with Crippen LogP contribution in [0.25, 0.3) is 16.9 Å². The molecule has 2 aromatic heterocycles. The number of hydrogen-bond acceptors (Lipinski definition) is 2. The molecule has 0 N–H and O–H groups in total. The quantitative estimate of drug-likeness (QED) is 0.494. The fourth-order valence-corrected chi connectivity index (χ4v) is 3.51. The summed E-state index contributed by atoms with van der Waals surface area (Å²) in [6.07, 6.45) is 1.98. The predicted molar refractivity (Wildman–Crippen MR) is 106 cm³/mol. The van der Waals surface area contributed by atoms with Gasteiger partial charge in [-0.25, -0.2) is 4.98 Å². The summed E-state index contributed by atoms with van der Waals surface area (Å²) >= 11 is 12.5. The normalized spacial score (nSPS) is 10.7. The Bertz CT molecular complexity index is 950. The van der Waals surface area contributed by atoms with E-state index in [9.17, 15) is 4.79 Å². The smallest absolute Gasteiger partial charge is 0.228 e. The molecule has 2 heterocycles. The van der Waals surface area contributed by atoms with Crippen LogP contribution in [0, 0.1) is 13.0 Å². The van der Waals surface area contributed by atoms with Crippen molar-refractivity contribution in [2.45, 2.75) is 27.2 Å². The molecule has 1 radical (unpaired) electrons. The van der Waals surface area contributed by atoms with Crippen LogP contribution in [0.5, 0.6) is 0 Å². The van der Waals surface area contributed by atoms with Gasteiger partial charge in [0.15, 0.2) is 5.65 Å². The summed E-state index contributed by atoms with van der Waals surface area (Å²) in [6, 6.07) is 10.7. The van der Waals surface area contributed by atoms with Gasteiger partial charge in [-0.2, -0.15) is 29.8 Å². The van der Waals surface area contributed by atoms with Gasteiger partial charge in [0.05, 0.1) is 16.5 Å². The largest absolute Gasteiger partial charge is 0.343 e. The summed E-state index contributed by atoms with van der Waals surface area (Å²) in [7, 11) is 0. The van der Waals surface area contributed by atoms with Gasteiger partial charge in [-0.15, -0.1) is 5.56 Å². The van der Waals surface area contributed by atoms with Crippen molar-refractivity contribution in [3.8, 4) is 11.3 Å². The minimum absolute atomic E-state index is 0. The van der Waals surface area contributed by atoms with Gasteiger partial charge in [0, 0.05) is 63.4 Å². The number of benzene rings is 1. The Labute approximate surface area is 194 Å². The number of fused-ring (bicyclic) bond motifs is 1. The second kappa shape index (κ2) is 9.51. The van der Waals surface area contributed by atoms with Gasteiger partial charge in [-0.3, -0.25) is 4.79 Å². The molecule has 0 saturated carbocycles. The molecule has 27 heavy (non-hydrogen) atoms. The van der Waals surface area contributed by atoms with E-state index in [0.29, 0.717) is 28.8 Å². The second-order valence-corrected chi connectivity index (χ2v) is 6.95. The van der Waals surface area contributed by atoms with Gasteiger partial charge in [-0.05, 0) is 19.9 Å². The van der Waals surface area contributed by atoms with Crippen LogP contribution in [0.2, 0.25) is 10.0 Å². The summed E-state index contributed by atoms with van der Waals surface area (Å²) in [5.41, 5.74) is 4.03. The molecule has 4 nitrogen and oxygen atoms in total. The summed E-state index contributed by atoms with van der Waals surface area (Å²) in [5, 5.41) is 0.954. The Kier molecular flexibility index (Phi) is 7.87. The first-order valence-corrected chi connectivity index (χ1v) is 9.32. The average Bonchev–Trinajstić information content (AvgIpc) is 2.95. The molecule has 7 heteroatoms. The van der Waals surface area contributed by atoms with Crippen molar-refractivity contribution in [3.63, 3.8) is 0 Å². The van der Waals surface area contributed by atoms with Crippen molar-refractivity contribution in [1.29, 1.82) is 0 Å². The minimum atomic E-state index is 0. The van der Waals surface area contributed by atoms with Gasteiger partial charge >= 0.3 is 0 Å². The maximum atomic E-state index is 12.7. The minimum Gasteiger partial charge on any atom is -0.343 e. The molecule has 0 unspecified atom stereocenters. The van der Waals surface area contributed by atoms with E-state index in [1.165, 1.54) is 0 Å². The number of carbonyl (C=O) groups is 1. The first-order chi connectivity index (χ1) is 12.4. The Hall–Kier alpha value is -0.936. The van der Waals surface area contributed by atoms with Gasteiger partial charge in [0.1, 0.15) is 0 Å². The third kappa shape index (κ3) is 4.73. The molecule has 0 spiro atoms. The molecule has 0 fully saturated rings. The fraction of sp³-hybridized carbons (Fsp3) is 0.300. The number of imidazole rings is 1. The number of likely N-dealkylation sites (N-methyl/N-ethyl adjacent to an activating group) is 1. The van der Waals surface area contributed by atoms with Crippen LogP contribution in [0.1, 0.15) is 25.1 Å². The molecule has 1 amide bonds. The molecule has 139 valence electrons. The Morgan fingerprint density at radius 1 is 1.26 bits per heavy atom. The van der Waals surface area contributed by atoms with E-state index in [1.54, 1.807) is 17.2 Å². The van der Waals surface area contributed by atoms with E-state index in [1.807, 2.05) is 43.4 Å². The standard InChI is InChI=1S/C20H20Cl2N3O.Y/c1-4-24(5-2)18(26)11-17-19(14-8-6-13(3)7-9-14)23-20-16(22)10-15(21)12-25(17)20;/h6,8-10,12H,4-5,11H2,1-3H3;/q-1;. The van der Waals surface area contributed by atoms with E-state index < -0.39 is 0 Å². The summed E-state index contributed by atoms with van der Waals surface area (Å²) in [6.45, 7) is 7.26. The number of aryl methyl sites for hydroxylation is 1. The first-order valence-electron chi connectivity index (χ1n) is 8.57. The van der Waals surface area contributed by atoms with Crippen LogP contribution >= 0.6 is 23.2 Å². The molecule has 3 aromatic rings. The summed E-state index contributed by atoms with van der Waals surface area (Å²) in [5.74, 6) is 0.0465. The number of halogens is 2. The number of aromatic nitrogens is 2. The molecule has 0 aliphatic rings. The molecular formula is C20H20Cl2N3OY-. The molecule has 0 aliphatic heterocycles. The van der Waals surface area contributed by atoms with Crippen LogP contribution in [-0.4, -0.2) is 33.3 Å². The van der Waals surface area contributed by atoms with Crippen molar-refractivity contribution < 1.29 is 37.5 Å². The number of hydrogen-bond donors (Lipinski definition) is 0. The fourth-order valence-electron chi connectivity index (χ4n) is 3.00. The zero-order valence-corrected chi connectivity index (χ0v) is 19.9. The topological polar surface area (TPSA) is 37.6 Å². The van der Waals surface area contributed by atoms with E-state index in [4.69, 9.17) is 28.2 Å². The van der Waals surface area contributed by atoms with Gasteiger partial charge in [0.2, 0.25) is 5.91 Å². The molecule has 0 atom stereocenters. The van der Waals surface area contributed by atoms with Crippen molar-refractivity contribution in [2.75, 3.05) is 13.1 Å². The second-order valence-electron chi connectivity index (χ2n) is 6.11. The zero-order chi connectivity index (χ0) is 18.8. The maximum absolute atomic E-state index is 12.7. The number of amides is 1. The third-order valence-corrected chi connectivity index (χ3v) is 4.90. The van der Waals surface area contributed by atoms with E-state index in [2.05, 4.69) is 6.07 Å². The van der Waals surface area contributed by atoms with Crippen molar-refractivity contribution in [1.82, 2.24) is 14.3 Å². The Balaban J connectivity index is 0.00000261. The SMILES string of the molecule is CCN(CC)C(=O)Cc1c(-c2c[c-]c(C)cc2)nc2c(Cl)cc(Cl)cn12.[Y].